The largest absolute Gasteiger partial charge is 0.360 e. The van der Waals surface area contributed by atoms with Crippen LogP contribution in [0.3, 0.4) is 0 Å². The number of nitrogens with zero attached hydrogens (tertiary/aromatic N) is 4. The van der Waals surface area contributed by atoms with Crippen molar-refractivity contribution in [3.8, 4) is 6.07 Å². The van der Waals surface area contributed by atoms with Gasteiger partial charge in [0, 0.05) is 60.3 Å². The molecule has 4 N–H and O–H groups in total. The number of allylic oxidation sites excluding steroid dienone is 4. The number of aryl methyl sites for hydroxylation is 1. The summed E-state index contributed by atoms with van der Waals surface area (Å²) in [5.41, 5.74) is 12.8. The summed E-state index contributed by atoms with van der Waals surface area (Å²) in [6.07, 6.45) is 14.6. The third kappa shape index (κ3) is 6.56. The predicted molar refractivity (Wildman–Crippen MR) is 155 cm³/mol. The van der Waals surface area contributed by atoms with Gasteiger partial charge in [0.05, 0.1) is 11.3 Å². The van der Waals surface area contributed by atoms with Crippen LogP contribution in [-0.2, 0) is 12.8 Å². The van der Waals surface area contributed by atoms with Crippen molar-refractivity contribution in [1.82, 2.24) is 15.3 Å². The van der Waals surface area contributed by atoms with E-state index in [9.17, 15) is 5.26 Å². The van der Waals surface area contributed by atoms with Crippen LogP contribution >= 0.6 is 0 Å². The average molecular weight is 510 g/mol. The number of nitriles is 1. The molecule has 2 aliphatic heterocycles. The fraction of sp³-hybridized carbons (Fsp3) is 0.419. The molecule has 2 aliphatic rings. The van der Waals surface area contributed by atoms with Gasteiger partial charge in [-0.3, -0.25) is 4.98 Å². The zero-order valence-electron chi connectivity index (χ0n) is 22.8. The first-order chi connectivity index (χ1) is 18.3. The minimum absolute atomic E-state index is 0.233. The third-order valence-corrected chi connectivity index (χ3v) is 7.49. The standard InChI is InChI=1S/C31H39N7/c1-4-27-9-7-24(20-35-27)16-31(34)11-13-38(14-12-31)29-10-8-25(21-36-29)28-15-23(6-5-22(2)3)19-37-30(28)26(17-32)18-33/h7-10,15,17,19-22,32,37H,4-6,11-14,16,34H2,1-3H3/b30-26+,32-17?. The molecule has 7 heteroatoms. The Bertz CT molecular complexity index is 1250. The zero-order chi connectivity index (χ0) is 27.1. The fourth-order valence-electron chi connectivity index (χ4n) is 5.02. The number of aromatic nitrogens is 2. The molecular formula is C31H39N7. The van der Waals surface area contributed by atoms with E-state index >= 15 is 0 Å². The molecular weight excluding hydrogens is 470 g/mol. The molecule has 1 fully saturated rings. The van der Waals surface area contributed by atoms with E-state index in [4.69, 9.17) is 16.1 Å². The molecule has 4 heterocycles. The smallest absolute Gasteiger partial charge is 0.128 e. The number of hydrogen-bond acceptors (Lipinski definition) is 7. The van der Waals surface area contributed by atoms with E-state index in [0.717, 1.165) is 80.5 Å². The summed E-state index contributed by atoms with van der Waals surface area (Å²) < 4.78 is 0. The maximum absolute atomic E-state index is 9.58. The molecule has 198 valence electrons. The molecule has 38 heavy (non-hydrogen) atoms. The molecule has 2 aromatic rings. The van der Waals surface area contributed by atoms with Crippen molar-refractivity contribution < 1.29 is 0 Å². The maximum Gasteiger partial charge on any atom is 0.128 e. The van der Waals surface area contributed by atoms with Gasteiger partial charge in [-0.05, 0) is 79.9 Å². The van der Waals surface area contributed by atoms with Crippen LogP contribution < -0.4 is 16.0 Å². The Kier molecular flexibility index (Phi) is 8.75. The minimum atomic E-state index is -0.233. The van der Waals surface area contributed by atoms with Crippen molar-refractivity contribution in [2.24, 2.45) is 11.7 Å². The monoisotopic (exact) mass is 509 g/mol. The van der Waals surface area contributed by atoms with Gasteiger partial charge in [0.1, 0.15) is 11.9 Å². The van der Waals surface area contributed by atoms with E-state index in [1.54, 1.807) is 0 Å². The first-order valence-corrected chi connectivity index (χ1v) is 13.6. The third-order valence-electron chi connectivity index (χ3n) is 7.49. The topological polar surface area (TPSA) is 115 Å². The lowest BCUT2D eigenvalue weighted by molar-refractivity contribution is 0.330. The van der Waals surface area contributed by atoms with E-state index in [0.29, 0.717) is 17.2 Å². The Balaban J connectivity index is 1.46. The molecule has 0 unspecified atom stereocenters. The summed E-state index contributed by atoms with van der Waals surface area (Å²) in [5, 5.41) is 20.5. The number of pyridine rings is 2. The highest BCUT2D eigenvalue weighted by molar-refractivity contribution is 5.93. The SMILES string of the molecule is CCc1ccc(CC2(N)CCN(c3ccc(C4=CC(CCC(C)C)=CN/C4=C(/C#N)C=N)cn3)CC2)cn1. The van der Waals surface area contributed by atoms with Crippen LogP contribution in [0.2, 0.25) is 0 Å². The van der Waals surface area contributed by atoms with E-state index < -0.39 is 0 Å². The lowest BCUT2D eigenvalue weighted by Crippen LogP contribution is -2.52. The Labute approximate surface area is 226 Å². The molecule has 0 bridgehead atoms. The summed E-state index contributed by atoms with van der Waals surface area (Å²) in [4.78, 5) is 11.6. The van der Waals surface area contributed by atoms with Crippen LogP contribution in [0, 0.1) is 22.7 Å². The lowest BCUT2D eigenvalue weighted by Gasteiger charge is -2.40. The predicted octanol–water partition coefficient (Wildman–Crippen LogP) is 5.31. The molecule has 7 nitrogen and oxygen atoms in total. The van der Waals surface area contributed by atoms with Gasteiger partial charge in [-0.2, -0.15) is 5.26 Å². The summed E-state index contributed by atoms with van der Waals surface area (Å²) in [5.74, 6) is 1.54. The minimum Gasteiger partial charge on any atom is -0.360 e. The van der Waals surface area contributed by atoms with Crippen molar-refractivity contribution in [3.05, 3.63) is 82.6 Å². The number of anilines is 1. The molecule has 0 aromatic carbocycles. The van der Waals surface area contributed by atoms with E-state index in [-0.39, 0.29) is 5.54 Å². The van der Waals surface area contributed by atoms with E-state index in [1.807, 2.05) is 24.7 Å². The molecule has 0 amide bonds. The van der Waals surface area contributed by atoms with Crippen molar-refractivity contribution in [1.29, 1.82) is 10.7 Å². The van der Waals surface area contributed by atoms with Crippen molar-refractivity contribution in [3.63, 3.8) is 0 Å². The summed E-state index contributed by atoms with van der Waals surface area (Å²) in [6.45, 7) is 8.26. The van der Waals surface area contributed by atoms with Crippen LogP contribution in [0.1, 0.15) is 63.3 Å². The van der Waals surface area contributed by atoms with Crippen LogP contribution in [-0.4, -0.2) is 34.8 Å². The van der Waals surface area contributed by atoms with Crippen LogP contribution in [0.4, 0.5) is 5.82 Å². The van der Waals surface area contributed by atoms with Gasteiger partial charge in [-0.25, -0.2) is 4.98 Å². The fourth-order valence-corrected chi connectivity index (χ4v) is 5.02. The molecule has 0 spiro atoms. The molecule has 0 radical (unpaired) electrons. The molecule has 0 saturated carbocycles. The normalized spacial score (nSPS) is 18.3. The average Bonchev–Trinajstić information content (AvgIpc) is 2.94. The second-order valence-electron chi connectivity index (χ2n) is 10.8. The summed E-state index contributed by atoms with van der Waals surface area (Å²) in [6, 6.07) is 10.5. The van der Waals surface area contributed by atoms with Crippen LogP contribution in [0.5, 0.6) is 0 Å². The Hall–Kier alpha value is -3.76. The number of hydrogen-bond donors (Lipinski definition) is 3. The highest BCUT2D eigenvalue weighted by Gasteiger charge is 2.31. The number of nitrogens with one attached hydrogen (secondary N) is 2. The molecule has 0 atom stereocenters. The Morgan fingerprint density at radius 2 is 2.00 bits per heavy atom. The van der Waals surface area contributed by atoms with Crippen molar-refractivity contribution in [2.75, 3.05) is 18.0 Å². The number of nitrogens with two attached hydrogens (primary N) is 1. The Morgan fingerprint density at radius 1 is 1.21 bits per heavy atom. The van der Waals surface area contributed by atoms with E-state index in [1.165, 1.54) is 11.1 Å². The molecule has 4 rings (SSSR count). The van der Waals surface area contributed by atoms with Gasteiger partial charge in [-0.1, -0.05) is 26.8 Å². The van der Waals surface area contributed by atoms with Crippen molar-refractivity contribution >= 4 is 17.6 Å². The molecule has 2 aromatic heterocycles. The van der Waals surface area contributed by atoms with Gasteiger partial charge < -0.3 is 21.4 Å². The Morgan fingerprint density at radius 3 is 2.58 bits per heavy atom. The highest BCUT2D eigenvalue weighted by Crippen LogP contribution is 2.32. The van der Waals surface area contributed by atoms with Gasteiger partial charge in [0.25, 0.3) is 0 Å². The molecule has 0 aliphatic carbocycles. The highest BCUT2D eigenvalue weighted by atomic mass is 15.2. The quantitative estimate of drug-likeness (QED) is 0.312. The maximum atomic E-state index is 9.58. The second-order valence-corrected chi connectivity index (χ2v) is 10.8. The molecule has 1 saturated heterocycles. The lowest BCUT2D eigenvalue weighted by atomic mass is 9.83. The number of rotatable bonds is 9. The van der Waals surface area contributed by atoms with E-state index in [2.05, 4.69) is 66.3 Å². The van der Waals surface area contributed by atoms with Gasteiger partial charge in [-0.15, -0.1) is 0 Å². The van der Waals surface area contributed by atoms with Gasteiger partial charge >= 0.3 is 0 Å². The van der Waals surface area contributed by atoms with Crippen molar-refractivity contribution in [2.45, 2.75) is 64.8 Å². The zero-order valence-corrected chi connectivity index (χ0v) is 22.8. The second kappa shape index (κ2) is 12.2. The number of piperidine rings is 1. The summed E-state index contributed by atoms with van der Waals surface area (Å²) >= 11 is 0. The number of dihydropyridines is 1. The summed E-state index contributed by atoms with van der Waals surface area (Å²) in [7, 11) is 0. The van der Waals surface area contributed by atoms with Gasteiger partial charge in [0.15, 0.2) is 0 Å². The van der Waals surface area contributed by atoms with Gasteiger partial charge in [0.2, 0.25) is 0 Å². The van der Waals surface area contributed by atoms with Crippen LogP contribution in [0.25, 0.3) is 5.57 Å². The first kappa shape index (κ1) is 27.3. The van der Waals surface area contributed by atoms with Crippen LogP contribution in [0.15, 0.2) is 65.8 Å². The first-order valence-electron chi connectivity index (χ1n) is 13.6.